The lowest BCUT2D eigenvalue weighted by Crippen LogP contribution is -2.71. The molecule has 0 bridgehead atoms. The van der Waals surface area contributed by atoms with Crippen LogP contribution in [0, 0.1) is 0 Å². The SMILES string of the molecule is CC1=C(C(C)(O)CC(=O)O)N2C(=O)[C@@H](NC(=O)COc3ccccc3)[C@H]2SC1. The zero-order valence-corrected chi connectivity index (χ0v) is 16.4. The standard InChI is InChI=1S/C19H22N2O6S/c1-11-10-28-18-15(20-13(22)9-27-12-6-4-3-5-7-12)17(25)21(18)16(11)19(2,26)8-14(23)24/h3-7,15,18,26H,8-10H2,1-2H3,(H,20,22)(H,23,24)/t15-,18-,19?/m1/s1. The second-order valence-corrected chi connectivity index (χ2v) is 8.14. The minimum Gasteiger partial charge on any atom is -0.484 e. The van der Waals surface area contributed by atoms with Crippen molar-refractivity contribution in [3.05, 3.63) is 41.6 Å². The largest absolute Gasteiger partial charge is 0.484 e. The highest BCUT2D eigenvalue weighted by atomic mass is 32.2. The number of carboxylic acid groups (broad SMARTS) is 1. The minimum atomic E-state index is -1.67. The van der Waals surface area contributed by atoms with E-state index in [-0.39, 0.29) is 17.9 Å². The molecule has 0 saturated carbocycles. The van der Waals surface area contributed by atoms with Gasteiger partial charge >= 0.3 is 5.97 Å². The van der Waals surface area contributed by atoms with Crippen LogP contribution in [-0.4, -0.2) is 62.3 Å². The Hall–Kier alpha value is -2.52. The molecule has 0 spiro atoms. The molecular weight excluding hydrogens is 384 g/mol. The van der Waals surface area contributed by atoms with Crippen LogP contribution in [0.1, 0.15) is 20.3 Å². The zero-order valence-electron chi connectivity index (χ0n) is 15.5. The number of rotatable bonds is 7. The summed E-state index contributed by atoms with van der Waals surface area (Å²) in [7, 11) is 0. The second-order valence-electron chi connectivity index (χ2n) is 7.03. The molecule has 1 unspecified atom stereocenters. The van der Waals surface area contributed by atoms with Gasteiger partial charge in [-0.25, -0.2) is 0 Å². The molecule has 150 valence electrons. The molecule has 0 aliphatic carbocycles. The summed E-state index contributed by atoms with van der Waals surface area (Å²) < 4.78 is 5.39. The van der Waals surface area contributed by atoms with Gasteiger partial charge in [0, 0.05) is 5.75 Å². The molecule has 28 heavy (non-hydrogen) atoms. The number of ether oxygens (including phenoxy) is 1. The lowest BCUT2D eigenvalue weighted by atomic mass is 9.90. The van der Waals surface area contributed by atoms with Gasteiger partial charge in [-0.1, -0.05) is 18.2 Å². The van der Waals surface area contributed by atoms with Crippen LogP contribution in [0.4, 0.5) is 0 Å². The summed E-state index contributed by atoms with van der Waals surface area (Å²) in [4.78, 5) is 37.3. The van der Waals surface area contributed by atoms with Gasteiger partial charge in [0.15, 0.2) is 6.61 Å². The molecule has 2 aliphatic heterocycles. The highest BCUT2D eigenvalue weighted by Crippen LogP contribution is 2.44. The number of carboxylic acids is 1. The summed E-state index contributed by atoms with van der Waals surface area (Å²) in [6.07, 6.45) is -0.511. The summed E-state index contributed by atoms with van der Waals surface area (Å²) in [5.41, 5.74) is -0.608. The molecule has 2 amide bonds. The summed E-state index contributed by atoms with van der Waals surface area (Å²) in [5.74, 6) is -0.863. The van der Waals surface area contributed by atoms with Gasteiger partial charge < -0.3 is 20.3 Å². The number of para-hydroxylation sites is 1. The highest BCUT2D eigenvalue weighted by Gasteiger charge is 2.55. The van der Waals surface area contributed by atoms with E-state index in [4.69, 9.17) is 9.84 Å². The fourth-order valence-electron chi connectivity index (χ4n) is 3.47. The maximum absolute atomic E-state index is 12.7. The summed E-state index contributed by atoms with van der Waals surface area (Å²) >= 11 is 1.46. The predicted molar refractivity (Wildman–Crippen MR) is 103 cm³/mol. The van der Waals surface area contributed by atoms with Gasteiger partial charge in [0.25, 0.3) is 11.8 Å². The van der Waals surface area contributed by atoms with Crippen molar-refractivity contribution in [1.29, 1.82) is 0 Å². The first-order valence-corrected chi connectivity index (χ1v) is 9.82. The number of hydrogen-bond acceptors (Lipinski definition) is 6. The van der Waals surface area contributed by atoms with E-state index in [0.717, 1.165) is 5.57 Å². The number of nitrogens with zero attached hydrogens (tertiary/aromatic N) is 1. The van der Waals surface area contributed by atoms with E-state index in [9.17, 15) is 19.5 Å². The van der Waals surface area contributed by atoms with Crippen molar-refractivity contribution in [3.8, 4) is 5.75 Å². The molecule has 1 aromatic carbocycles. The molecule has 0 radical (unpaired) electrons. The molecule has 2 aliphatic rings. The van der Waals surface area contributed by atoms with Crippen LogP contribution in [-0.2, 0) is 14.4 Å². The van der Waals surface area contributed by atoms with Crippen molar-refractivity contribution < 1.29 is 29.3 Å². The fourth-order valence-corrected chi connectivity index (χ4v) is 4.76. The van der Waals surface area contributed by atoms with E-state index in [0.29, 0.717) is 17.2 Å². The second kappa shape index (κ2) is 7.84. The zero-order chi connectivity index (χ0) is 20.5. The predicted octanol–water partition coefficient (Wildman–Crippen LogP) is 0.965. The first kappa shape index (κ1) is 20.2. The number of carbonyl (C=O) groups excluding carboxylic acids is 2. The van der Waals surface area contributed by atoms with Gasteiger partial charge in [-0.3, -0.25) is 19.3 Å². The molecule has 3 rings (SSSR count). The molecule has 1 fully saturated rings. The number of aliphatic carboxylic acids is 1. The summed E-state index contributed by atoms with van der Waals surface area (Å²) in [5, 5.41) is 22.0. The topological polar surface area (TPSA) is 116 Å². The van der Waals surface area contributed by atoms with Crippen molar-refractivity contribution in [1.82, 2.24) is 10.2 Å². The number of nitrogens with one attached hydrogen (secondary N) is 1. The van der Waals surface area contributed by atoms with Gasteiger partial charge in [-0.05, 0) is 31.6 Å². The van der Waals surface area contributed by atoms with Crippen molar-refractivity contribution >= 4 is 29.5 Å². The molecule has 1 saturated heterocycles. The lowest BCUT2D eigenvalue weighted by molar-refractivity contribution is -0.151. The Morgan fingerprint density at radius 1 is 1.36 bits per heavy atom. The minimum absolute atomic E-state index is 0.219. The average molecular weight is 406 g/mol. The quantitative estimate of drug-likeness (QED) is 0.578. The smallest absolute Gasteiger partial charge is 0.306 e. The normalized spacial score (nSPS) is 23.4. The van der Waals surface area contributed by atoms with Crippen LogP contribution in [0.3, 0.4) is 0 Å². The maximum Gasteiger partial charge on any atom is 0.306 e. The van der Waals surface area contributed by atoms with Gasteiger partial charge in [0.2, 0.25) is 0 Å². The van der Waals surface area contributed by atoms with Gasteiger partial charge in [-0.2, -0.15) is 0 Å². The molecule has 8 nitrogen and oxygen atoms in total. The Morgan fingerprint density at radius 2 is 2.04 bits per heavy atom. The Labute approximate surface area is 166 Å². The monoisotopic (exact) mass is 406 g/mol. The van der Waals surface area contributed by atoms with E-state index in [1.165, 1.54) is 23.6 Å². The van der Waals surface area contributed by atoms with E-state index in [1.54, 1.807) is 31.2 Å². The van der Waals surface area contributed by atoms with Crippen LogP contribution in [0.25, 0.3) is 0 Å². The molecule has 9 heteroatoms. The van der Waals surface area contributed by atoms with E-state index < -0.39 is 29.9 Å². The number of aliphatic hydroxyl groups is 1. The van der Waals surface area contributed by atoms with Crippen LogP contribution in [0.2, 0.25) is 0 Å². The van der Waals surface area contributed by atoms with Crippen molar-refractivity contribution in [3.63, 3.8) is 0 Å². The van der Waals surface area contributed by atoms with Gasteiger partial charge in [0.1, 0.15) is 22.8 Å². The molecule has 3 atom stereocenters. The number of amides is 2. The summed E-state index contributed by atoms with van der Waals surface area (Å²) in [6.45, 7) is 2.94. The third-order valence-corrected chi connectivity index (χ3v) is 6.02. The highest BCUT2D eigenvalue weighted by molar-refractivity contribution is 8.00. The molecule has 1 aromatic rings. The first-order chi connectivity index (χ1) is 13.2. The Kier molecular flexibility index (Phi) is 5.66. The molecule has 0 aromatic heterocycles. The van der Waals surface area contributed by atoms with Crippen LogP contribution >= 0.6 is 11.8 Å². The van der Waals surface area contributed by atoms with Crippen molar-refractivity contribution in [2.45, 2.75) is 37.3 Å². The Morgan fingerprint density at radius 3 is 2.68 bits per heavy atom. The third kappa shape index (κ3) is 4.00. The van der Waals surface area contributed by atoms with Crippen molar-refractivity contribution in [2.24, 2.45) is 0 Å². The Balaban J connectivity index is 1.65. The van der Waals surface area contributed by atoms with E-state index >= 15 is 0 Å². The molecular formula is C19H22N2O6S. The Bertz CT molecular complexity index is 823. The van der Waals surface area contributed by atoms with Crippen LogP contribution in [0.15, 0.2) is 41.6 Å². The number of thioether (sulfide) groups is 1. The van der Waals surface area contributed by atoms with Gasteiger partial charge in [0.05, 0.1) is 12.1 Å². The van der Waals surface area contributed by atoms with E-state index in [2.05, 4.69) is 5.32 Å². The van der Waals surface area contributed by atoms with Crippen LogP contribution in [0.5, 0.6) is 5.75 Å². The average Bonchev–Trinajstić information content (AvgIpc) is 2.64. The number of β-lactam (4-membered cyclic amide) rings is 1. The molecule has 3 N–H and O–H groups in total. The van der Waals surface area contributed by atoms with Gasteiger partial charge in [-0.15, -0.1) is 11.8 Å². The third-order valence-electron chi connectivity index (χ3n) is 4.59. The number of fused-ring (bicyclic) bond motifs is 1. The lowest BCUT2D eigenvalue weighted by Gasteiger charge is -2.53. The fraction of sp³-hybridized carbons (Fsp3) is 0.421. The van der Waals surface area contributed by atoms with Crippen LogP contribution < -0.4 is 10.1 Å². The number of benzene rings is 1. The summed E-state index contributed by atoms with van der Waals surface area (Å²) in [6, 6.07) is 8.13. The maximum atomic E-state index is 12.7. The van der Waals surface area contributed by atoms with E-state index in [1.807, 2.05) is 6.07 Å². The first-order valence-electron chi connectivity index (χ1n) is 8.77. The van der Waals surface area contributed by atoms with Crippen molar-refractivity contribution in [2.75, 3.05) is 12.4 Å². The molecule has 2 heterocycles. The number of hydrogen-bond donors (Lipinski definition) is 3. The number of carbonyl (C=O) groups is 3.